The van der Waals surface area contributed by atoms with Crippen LogP contribution in [0.2, 0.25) is 5.02 Å². The van der Waals surface area contributed by atoms with Crippen LogP contribution in [0.1, 0.15) is 36.5 Å². The number of rotatable bonds is 7. The molecule has 0 aliphatic carbocycles. The molecule has 0 radical (unpaired) electrons. The minimum Gasteiger partial charge on any atom is -0.452 e. The molecule has 0 spiro atoms. The SMILES string of the molecule is Cc1ccc(S(=O)(=O)N2CCC(C(=O)OC(C)C(=O)NCc3ccc(Cl)cc3)CC2)cc1C. The van der Waals surface area contributed by atoms with Crippen LogP contribution >= 0.6 is 11.6 Å². The molecule has 2 aromatic carbocycles. The molecule has 1 aliphatic rings. The van der Waals surface area contributed by atoms with Crippen LogP contribution in [0.25, 0.3) is 0 Å². The number of piperidine rings is 1. The maximum atomic E-state index is 13.0. The molecular weight excluding hydrogens is 464 g/mol. The van der Waals surface area contributed by atoms with E-state index in [0.29, 0.717) is 24.4 Å². The third-order valence-corrected chi connectivity index (χ3v) is 8.09. The van der Waals surface area contributed by atoms with Crippen molar-refractivity contribution in [2.45, 2.75) is 51.2 Å². The van der Waals surface area contributed by atoms with Crippen molar-refractivity contribution in [2.24, 2.45) is 5.92 Å². The highest BCUT2D eigenvalue weighted by Crippen LogP contribution is 2.26. The van der Waals surface area contributed by atoms with E-state index >= 15 is 0 Å². The fraction of sp³-hybridized carbons (Fsp3) is 0.417. The lowest BCUT2D eigenvalue weighted by Gasteiger charge is -2.30. The van der Waals surface area contributed by atoms with Crippen LogP contribution in [0.5, 0.6) is 0 Å². The monoisotopic (exact) mass is 492 g/mol. The summed E-state index contributed by atoms with van der Waals surface area (Å²) in [6, 6.07) is 12.2. The second-order valence-corrected chi connectivity index (χ2v) is 10.7. The second-order valence-electron chi connectivity index (χ2n) is 8.35. The van der Waals surface area contributed by atoms with E-state index in [0.717, 1.165) is 16.7 Å². The normalized spacial score (nSPS) is 16.2. The van der Waals surface area contributed by atoms with Crippen LogP contribution in [0, 0.1) is 19.8 Å². The van der Waals surface area contributed by atoms with Gasteiger partial charge >= 0.3 is 5.97 Å². The van der Waals surface area contributed by atoms with Gasteiger partial charge in [-0.3, -0.25) is 9.59 Å². The number of ether oxygens (including phenoxy) is 1. The summed E-state index contributed by atoms with van der Waals surface area (Å²) in [5, 5.41) is 3.34. The van der Waals surface area contributed by atoms with E-state index in [-0.39, 0.29) is 18.0 Å². The number of carbonyl (C=O) groups excluding carboxylic acids is 2. The number of sulfonamides is 1. The predicted octanol–water partition coefficient (Wildman–Crippen LogP) is 3.61. The summed E-state index contributed by atoms with van der Waals surface area (Å²) < 4.78 is 32.7. The zero-order valence-corrected chi connectivity index (χ0v) is 20.6. The molecule has 1 saturated heterocycles. The molecule has 7 nitrogen and oxygen atoms in total. The fourth-order valence-corrected chi connectivity index (χ4v) is 5.30. The fourth-order valence-electron chi connectivity index (χ4n) is 3.61. The van der Waals surface area contributed by atoms with E-state index < -0.39 is 33.9 Å². The number of aryl methyl sites for hydroxylation is 2. The molecule has 2 aromatic rings. The first kappa shape index (κ1) is 25.2. The van der Waals surface area contributed by atoms with Gasteiger partial charge in [0.1, 0.15) is 0 Å². The molecule has 1 N–H and O–H groups in total. The summed E-state index contributed by atoms with van der Waals surface area (Å²) in [6.07, 6.45) is -0.244. The number of hydrogen-bond acceptors (Lipinski definition) is 5. The summed E-state index contributed by atoms with van der Waals surface area (Å²) in [4.78, 5) is 25.1. The highest BCUT2D eigenvalue weighted by atomic mass is 35.5. The van der Waals surface area contributed by atoms with Gasteiger partial charge in [0.25, 0.3) is 5.91 Å². The first-order chi connectivity index (χ1) is 15.6. The van der Waals surface area contributed by atoms with Crippen molar-refractivity contribution in [1.29, 1.82) is 0 Å². The van der Waals surface area contributed by atoms with Crippen LogP contribution in [0.3, 0.4) is 0 Å². The molecular formula is C24H29ClN2O5S. The first-order valence-electron chi connectivity index (χ1n) is 10.9. The Labute approximate surface area is 200 Å². The number of nitrogens with zero attached hydrogens (tertiary/aromatic N) is 1. The van der Waals surface area contributed by atoms with Gasteiger partial charge in [0.15, 0.2) is 6.10 Å². The summed E-state index contributed by atoms with van der Waals surface area (Å²) in [6.45, 7) is 6.09. The van der Waals surface area contributed by atoms with Crippen LogP contribution in [0.4, 0.5) is 0 Å². The van der Waals surface area contributed by atoms with Crippen molar-refractivity contribution in [2.75, 3.05) is 13.1 Å². The third kappa shape index (κ3) is 6.34. The Morgan fingerprint density at radius 3 is 2.33 bits per heavy atom. The quantitative estimate of drug-likeness (QED) is 0.596. The van der Waals surface area contributed by atoms with E-state index in [4.69, 9.17) is 16.3 Å². The summed E-state index contributed by atoms with van der Waals surface area (Å²) >= 11 is 5.85. The maximum absolute atomic E-state index is 13.0. The average Bonchev–Trinajstić information content (AvgIpc) is 2.80. The van der Waals surface area contributed by atoms with Crippen LogP contribution in [-0.4, -0.2) is 43.8 Å². The lowest BCUT2D eigenvalue weighted by molar-refractivity contribution is -0.159. The molecule has 1 heterocycles. The Kier molecular flexibility index (Phi) is 8.15. The molecule has 0 saturated carbocycles. The summed E-state index contributed by atoms with van der Waals surface area (Å²) in [5.74, 6) is -1.32. The number of hydrogen-bond donors (Lipinski definition) is 1. The Hall–Kier alpha value is -2.42. The predicted molar refractivity (Wildman–Crippen MR) is 126 cm³/mol. The van der Waals surface area contributed by atoms with Gasteiger partial charge in [0.05, 0.1) is 10.8 Å². The Bertz CT molecular complexity index is 1110. The van der Waals surface area contributed by atoms with E-state index in [1.165, 1.54) is 11.2 Å². The van der Waals surface area contributed by atoms with Gasteiger partial charge < -0.3 is 10.1 Å². The van der Waals surface area contributed by atoms with Crippen LogP contribution in [0.15, 0.2) is 47.4 Å². The number of benzene rings is 2. The van der Waals surface area contributed by atoms with Crippen LogP contribution < -0.4 is 5.32 Å². The standard InChI is InChI=1S/C24H29ClN2O5S/c1-16-4-9-22(14-17(16)2)33(30,31)27-12-10-20(11-13-27)24(29)32-18(3)23(28)26-15-19-5-7-21(25)8-6-19/h4-9,14,18,20H,10-13,15H2,1-3H3,(H,26,28). The highest BCUT2D eigenvalue weighted by molar-refractivity contribution is 7.89. The molecule has 1 amide bonds. The first-order valence-corrected chi connectivity index (χ1v) is 12.7. The van der Waals surface area contributed by atoms with Gasteiger partial charge in [-0.05, 0) is 74.6 Å². The molecule has 3 rings (SSSR count). The van der Waals surface area contributed by atoms with Crippen molar-refractivity contribution in [1.82, 2.24) is 9.62 Å². The van der Waals surface area contributed by atoms with Crippen molar-refractivity contribution in [3.05, 3.63) is 64.2 Å². The minimum absolute atomic E-state index is 0.228. The molecule has 1 aliphatic heterocycles. The van der Waals surface area contributed by atoms with Gasteiger partial charge in [-0.25, -0.2) is 8.42 Å². The van der Waals surface area contributed by atoms with Crippen molar-refractivity contribution >= 4 is 33.5 Å². The molecule has 33 heavy (non-hydrogen) atoms. The van der Waals surface area contributed by atoms with E-state index in [2.05, 4.69) is 5.32 Å². The largest absolute Gasteiger partial charge is 0.452 e. The Morgan fingerprint density at radius 2 is 1.73 bits per heavy atom. The average molecular weight is 493 g/mol. The van der Waals surface area contributed by atoms with Crippen LogP contribution in [-0.2, 0) is 30.9 Å². The van der Waals surface area contributed by atoms with Gasteiger partial charge in [-0.15, -0.1) is 0 Å². The zero-order chi connectivity index (χ0) is 24.2. The van der Waals surface area contributed by atoms with Crippen molar-refractivity contribution < 1.29 is 22.7 Å². The number of amides is 1. The zero-order valence-electron chi connectivity index (χ0n) is 19.0. The van der Waals surface area contributed by atoms with Gasteiger partial charge in [0.2, 0.25) is 10.0 Å². The Balaban J connectivity index is 1.49. The van der Waals surface area contributed by atoms with Crippen molar-refractivity contribution in [3.8, 4) is 0 Å². The smallest absolute Gasteiger partial charge is 0.309 e. The number of halogens is 1. The number of esters is 1. The Morgan fingerprint density at radius 1 is 1.09 bits per heavy atom. The second kappa shape index (κ2) is 10.7. The summed E-state index contributed by atoms with van der Waals surface area (Å²) in [7, 11) is -3.61. The lowest BCUT2D eigenvalue weighted by Crippen LogP contribution is -2.42. The maximum Gasteiger partial charge on any atom is 0.309 e. The molecule has 0 aromatic heterocycles. The topological polar surface area (TPSA) is 92.8 Å². The highest BCUT2D eigenvalue weighted by Gasteiger charge is 2.34. The molecule has 1 atom stereocenters. The number of carbonyl (C=O) groups is 2. The number of nitrogens with one attached hydrogen (secondary N) is 1. The van der Waals surface area contributed by atoms with E-state index in [9.17, 15) is 18.0 Å². The van der Waals surface area contributed by atoms with Gasteiger partial charge in [-0.2, -0.15) is 4.31 Å². The molecule has 178 valence electrons. The van der Waals surface area contributed by atoms with Gasteiger partial charge in [0, 0.05) is 24.7 Å². The molecule has 1 fully saturated rings. The molecule has 1 unspecified atom stereocenters. The van der Waals surface area contributed by atoms with Gasteiger partial charge in [-0.1, -0.05) is 29.8 Å². The van der Waals surface area contributed by atoms with E-state index in [1.807, 2.05) is 13.8 Å². The minimum atomic E-state index is -3.61. The molecule has 9 heteroatoms. The van der Waals surface area contributed by atoms with Crippen molar-refractivity contribution in [3.63, 3.8) is 0 Å². The molecule has 0 bridgehead atoms. The lowest BCUT2D eigenvalue weighted by atomic mass is 9.98. The summed E-state index contributed by atoms with van der Waals surface area (Å²) in [5.41, 5.74) is 2.82. The third-order valence-electron chi connectivity index (χ3n) is 5.95. The van der Waals surface area contributed by atoms with E-state index in [1.54, 1.807) is 42.5 Å².